The molecule has 3 N–H and O–H groups in total. The van der Waals surface area contributed by atoms with Crippen molar-refractivity contribution in [1.82, 2.24) is 60.5 Å². The Hall–Kier alpha value is -7.83. The summed E-state index contributed by atoms with van der Waals surface area (Å²) in [6, 6.07) is 10.9. The van der Waals surface area contributed by atoms with Crippen molar-refractivity contribution >= 4 is 64.7 Å². The number of nitrogens with one attached hydrogen (secondary N) is 3. The van der Waals surface area contributed by atoms with Crippen molar-refractivity contribution in [2.75, 3.05) is 43.5 Å². The molecule has 0 spiro atoms. The van der Waals surface area contributed by atoms with E-state index in [0.717, 1.165) is 17.1 Å². The van der Waals surface area contributed by atoms with E-state index in [4.69, 9.17) is 23.7 Å². The van der Waals surface area contributed by atoms with Crippen molar-refractivity contribution in [3.05, 3.63) is 83.7 Å². The quantitative estimate of drug-likeness (QED) is 0.0225. The van der Waals surface area contributed by atoms with Gasteiger partial charge < -0.3 is 44.5 Å². The van der Waals surface area contributed by atoms with Gasteiger partial charge in [0, 0.05) is 61.8 Å². The summed E-state index contributed by atoms with van der Waals surface area (Å²) in [4.78, 5) is 81.2. The Morgan fingerprint density at radius 3 is 2.21 bits per heavy atom. The predicted octanol–water partition coefficient (Wildman–Crippen LogP) is 7.21. The number of carbonyl (C=O) groups is 5. The number of aromatic nitrogens is 8. The summed E-state index contributed by atoms with van der Waals surface area (Å²) in [7, 11) is 1.37. The number of hydrogen-bond acceptors (Lipinski definition) is 22. The third-order valence-electron chi connectivity index (χ3n) is 13.3. The Kier molecular flexibility index (Phi) is 20.0. The lowest BCUT2D eigenvalue weighted by atomic mass is 10.0. The minimum absolute atomic E-state index is 0.0683. The average molecular weight is 1220 g/mol. The molecule has 6 heterocycles. The smallest absolute Gasteiger partial charge is 0.442 e. The van der Waals surface area contributed by atoms with Crippen LogP contribution in [0.3, 0.4) is 0 Å². The number of anilines is 1. The van der Waals surface area contributed by atoms with E-state index in [2.05, 4.69) is 66.6 Å². The standard InChI is InChI=1S/C56H71F3N16O10S/c1-33-67-69-45(70-68-33)35-17-15-34(16-18-35)28-74(41(77)14-13-26-65-73(10)48(78)36-19-21-37(22-20-36)55(71-72-55)56(57,58)59)29-40(76)60-24-11-12-25-61-46-42-47(63-31-62-46)75(32-64-42)49-44-43(82-54(8,9)83-44)39(81-49)30-86-27-23-38(50(79)84-52(2,3)4)66-51(80)85-53(5,6)7/h15-22,26,31-32,38-39,43-44,49H,11-14,23-25,27-30H2,1-10H3,(H,60,76)(H,66,80)(H,61,62,63)/t38-,39?,43?,44?,49?/m0/s1. The number of thioether (sulfide) groups is 1. The number of alkyl carbamates (subject to hydrolysis) is 1. The van der Waals surface area contributed by atoms with Crippen LogP contribution in [0.4, 0.5) is 23.8 Å². The third kappa shape index (κ3) is 16.8. The highest BCUT2D eigenvalue weighted by Crippen LogP contribution is 2.52. The lowest BCUT2D eigenvalue weighted by Crippen LogP contribution is -2.46. The molecule has 0 bridgehead atoms. The molecule has 3 aliphatic heterocycles. The number of nitrogens with zero attached hydrogens (tertiary/aromatic N) is 13. The fourth-order valence-corrected chi connectivity index (χ4v) is 10.3. The molecule has 3 aromatic heterocycles. The van der Waals surface area contributed by atoms with E-state index >= 15 is 0 Å². The Morgan fingerprint density at radius 2 is 1.55 bits per heavy atom. The molecular weight excluding hydrogens is 1150 g/mol. The molecule has 0 aliphatic carbocycles. The van der Waals surface area contributed by atoms with Crippen molar-refractivity contribution in [3.8, 4) is 11.4 Å². The predicted molar refractivity (Wildman–Crippen MR) is 307 cm³/mol. The third-order valence-corrected chi connectivity index (χ3v) is 14.4. The Bertz CT molecular complexity index is 3260. The number of amides is 4. The zero-order valence-electron chi connectivity index (χ0n) is 49.5. The molecule has 4 unspecified atom stereocenters. The normalized spacial score (nSPS) is 19.0. The van der Waals surface area contributed by atoms with Crippen molar-refractivity contribution in [3.63, 3.8) is 0 Å². The van der Waals surface area contributed by atoms with Crippen LogP contribution in [0.5, 0.6) is 0 Å². The maximum atomic E-state index is 13.8. The number of hydrazone groups is 1. The molecule has 2 fully saturated rings. The second-order valence-corrected chi connectivity index (χ2v) is 24.2. The number of carbonyl (C=O) groups excluding carboxylic acids is 5. The first kappa shape index (κ1) is 64.2. The Balaban J connectivity index is 0.823. The summed E-state index contributed by atoms with van der Waals surface area (Å²) >= 11 is 1.53. The van der Waals surface area contributed by atoms with Crippen LogP contribution in [0.15, 0.2) is 76.5 Å². The highest BCUT2D eigenvalue weighted by molar-refractivity contribution is 7.99. The van der Waals surface area contributed by atoms with Crippen molar-refractivity contribution in [1.29, 1.82) is 0 Å². The van der Waals surface area contributed by atoms with Gasteiger partial charge in [0.1, 0.15) is 35.8 Å². The Morgan fingerprint density at radius 1 is 0.872 bits per heavy atom. The van der Waals surface area contributed by atoms with Crippen molar-refractivity contribution < 1.29 is 60.8 Å². The molecule has 2 aromatic carbocycles. The van der Waals surface area contributed by atoms with Crippen LogP contribution in [-0.2, 0) is 50.3 Å². The highest BCUT2D eigenvalue weighted by atomic mass is 32.2. The second kappa shape index (κ2) is 26.8. The SMILES string of the molecule is Cc1nnc(-c2ccc(CN(CC(=O)NCCCCNc3ncnc4c3ncn4C3OC(CSCC[C@H](NC(=O)OC(C)(C)C)C(=O)OC(C)(C)C)C4OC(C)(C)OC43)C(=O)CCC=NN(C)C(=O)c3ccc(C4(C(F)(F)F)N=N4)cc3)cc2)nn1. The van der Waals surface area contributed by atoms with Gasteiger partial charge in [-0.25, -0.2) is 29.5 Å². The van der Waals surface area contributed by atoms with E-state index in [0.29, 0.717) is 77.2 Å². The van der Waals surface area contributed by atoms with E-state index in [1.807, 2.05) is 13.8 Å². The largest absolute Gasteiger partial charge is 0.458 e. The van der Waals surface area contributed by atoms with Crippen LogP contribution >= 0.6 is 11.8 Å². The van der Waals surface area contributed by atoms with Crippen molar-refractivity contribution in [2.45, 2.75) is 160 Å². The van der Waals surface area contributed by atoms with Gasteiger partial charge in [-0.15, -0.1) is 30.6 Å². The summed E-state index contributed by atoms with van der Waals surface area (Å²) in [5, 5.41) is 36.5. The number of fused-ring (bicyclic) bond motifs is 2. The lowest BCUT2D eigenvalue weighted by Gasteiger charge is -2.26. The van der Waals surface area contributed by atoms with Crippen LogP contribution in [0.1, 0.15) is 121 Å². The topological polar surface area (TPSA) is 306 Å². The van der Waals surface area contributed by atoms with Crippen LogP contribution in [0, 0.1) is 6.92 Å². The molecule has 5 atom stereocenters. The monoisotopic (exact) mass is 1220 g/mol. The van der Waals surface area contributed by atoms with Gasteiger partial charge in [-0.3, -0.25) is 19.0 Å². The Labute approximate surface area is 498 Å². The number of aryl methyl sites for hydroxylation is 1. The van der Waals surface area contributed by atoms with E-state index in [1.165, 1.54) is 48.4 Å². The fraction of sp³-hybridized carbons (Fsp3) is 0.554. The van der Waals surface area contributed by atoms with Gasteiger partial charge in [0.25, 0.3) is 5.91 Å². The first-order chi connectivity index (χ1) is 40.6. The van der Waals surface area contributed by atoms with Gasteiger partial charge in [0.2, 0.25) is 17.6 Å². The maximum absolute atomic E-state index is 13.8. The van der Waals surface area contributed by atoms with Gasteiger partial charge in [-0.05, 0) is 111 Å². The minimum atomic E-state index is -4.71. The molecule has 3 aliphatic rings. The van der Waals surface area contributed by atoms with Crippen LogP contribution in [0.2, 0.25) is 0 Å². The zero-order chi connectivity index (χ0) is 62.2. The summed E-state index contributed by atoms with van der Waals surface area (Å²) in [6.45, 7) is 16.5. The molecule has 5 aromatic rings. The van der Waals surface area contributed by atoms with Gasteiger partial charge in [0.15, 0.2) is 34.8 Å². The molecular formula is C56H71F3N16O10S. The fourth-order valence-electron chi connectivity index (χ4n) is 9.23. The van der Waals surface area contributed by atoms with Crippen LogP contribution < -0.4 is 16.0 Å². The van der Waals surface area contributed by atoms with E-state index in [9.17, 15) is 37.1 Å². The molecule has 8 rings (SSSR count). The maximum Gasteiger partial charge on any atom is 0.442 e. The summed E-state index contributed by atoms with van der Waals surface area (Å²) in [5.74, 6) is -0.639. The molecule has 2 saturated heterocycles. The number of imidazole rings is 1. The lowest BCUT2D eigenvalue weighted by molar-refractivity contribution is -0.193. The summed E-state index contributed by atoms with van der Waals surface area (Å²) < 4.78 is 72.6. The number of hydrogen-bond donors (Lipinski definition) is 3. The van der Waals surface area contributed by atoms with Gasteiger partial charge in [-0.1, -0.05) is 36.4 Å². The van der Waals surface area contributed by atoms with E-state index in [1.54, 1.807) is 83.6 Å². The second-order valence-electron chi connectivity index (χ2n) is 23.1. The van der Waals surface area contributed by atoms with E-state index in [-0.39, 0.29) is 55.3 Å². The molecule has 462 valence electrons. The number of rotatable bonds is 25. The number of esters is 1. The number of halogens is 3. The van der Waals surface area contributed by atoms with E-state index < -0.39 is 77.4 Å². The summed E-state index contributed by atoms with van der Waals surface area (Å²) in [5.41, 5.74) is -1.89. The zero-order valence-corrected chi connectivity index (χ0v) is 50.3. The number of benzene rings is 2. The molecule has 30 heteroatoms. The van der Waals surface area contributed by atoms with Gasteiger partial charge in [-0.2, -0.15) is 30.0 Å². The van der Waals surface area contributed by atoms with Crippen molar-refractivity contribution in [2.24, 2.45) is 15.3 Å². The highest BCUT2D eigenvalue weighted by Gasteiger charge is 2.65. The minimum Gasteiger partial charge on any atom is -0.458 e. The van der Waals surface area contributed by atoms with Gasteiger partial charge >= 0.3 is 23.9 Å². The molecule has 26 nitrogen and oxygen atoms in total. The molecule has 0 saturated carbocycles. The molecule has 4 amide bonds. The number of ether oxygens (including phenoxy) is 5. The average Bonchev–Trinajstić information content (AvgIpc) is 1.67. The first-order valence-corrected chi connectivity index (χ1v) is 29.1. The molecule has 0 radical (unpaired) electrons. The summed E-state index contributed by atoms with van der Waals surface area (Å²) in [6.07, 6.45) is -1.54. The number of alkyl halides is 3. The van der Waals surface area contributed by atoms with Crippen LogP contribution in [0.25, 0.3) is 22.6 Å². The number of unbranched alkanes of at least 4 members (excludes halogenated alkanes) is 1. The van der Waals surface area contributed by atoms with Crippen LogP contribution in [-0.4, -0.2) is 172 Å². The first-order valence-electron chi connectivity index (χ1n) is 27.9. The molecule has 86 heavy (non-hydrogen) atoms. The van der Waals surface area contributed by atoms with Gasteiger partial charge in [0.05, 0.1) is 19.0 Å².